The number of hydrogen-bond acceptors (Lipinski definition) is 2. The first-order valence-corrected chi connectivity index (χ1v) is 8.06. The molecule has 0 amide bonds. The molecular formula is C16H34N2. The topological polar surface area (TPSA) is 15.3 Å². The number of likely N-dealkylation sites (tertiary alicyclic amines) is 1. The second-order valence-corrected chi connectivity index (χ2v) is 6.51. The SMILES string of the molecule is CCCNCC(C)(CC)CN1CCCCCC1C. The Labute approximate surface area is 115 Å². The highest BCUT2D eigenvalue weighted by atomic mass is 15.2. The van der Waals surface area contributed by atoms with Crippen molar-refractivity contribution in [3.8, 4) is 0 Å². The number of rotatable bonds is 7. The summed E-state index contributed by atoms with van der Waals surface area (Å²) in [7, 11) is 0. The van der Waals surface area contributed by atoms with Crippen LogP contribution in [0, 0.1) is 5.41 Å². The van der Waals surface area contributed by atoms with Crippen LogP contribution in [-0.2, 0) is 0 Å². The van der Waals surface area contributed by atoms with Crippen molar-refractivity contribution in [3.63, 3.8) is 0 Å². The zero-order chi connectivity index (χ0) is 13.4. The summed E-state index contributed by atoms with van der Waals surface area (Å²) >= 11 is 0. The van der Waals surface area contributed by atoms with Crippen LogP contribution in [-0.4, -0.2) is 37.1 Å². The molecule has 1 saturated heterocycles. The Morgan fingerprint density at radius 1 is 1.22 bits per heavy atom. The van der Waals surface area contributed by atoms with Crippen LogP contribution in [0.5, 0.6) is 0 Å². The van der Waals surface area contributed by atoms with Crippen LogP contribution in [0.2, 0.25) is 0 Å². The zero-order valence-electron chi connectivity index (χ0n) is 13.1. The maximum atomic E-state index is 3.62. The van der Waals surface area contributed by atoms with Gasteiger partial charge in [0.05, 0.1) is 0 Å². The van der Waals surface area contributed by atoms with Crippen molar-refractivity contribution in [1.82, 2.24) is 10.2 Å². The number of nitrogens with zero attached hydrogens (tertiary/aromatic N) is 1. The molecule has 0 bridgehead atoms. The predicted octanol–water partition coefficient (Wildman–Crippen LogP) is 3.67. The van der Waals surface area contributed by atoms with Gasteiger partial charge in [0.15, 0.2) is 0 Å². The van der Waals surface area contributed by atoms with E-state index in [0.29, 0.717) is 5.41 Å². The van der Waals surface area contributed by atoms with E-state index in [1.165, 1.54) is 58.2 Å². The number of hydrogen-bond donors (Lipinski definition) is 1. The van der Waals surface area contributed by atoms with Crippen LogP contribution in [0.3, 0.4) is 0 Å². The van der Waals surface area contributed by atoms with Crippen molar-refractivity contribution in [2.24, 2.45) is 5.41 Å². The summed E-state index contributed by atoms with van der Waals surface area (Å²) in [5.41, 5.74) is 0.438. The molecule has 108 valence electrons. The molecule has 2 nitrogen and oxygen atoms in total. The van der Waals surface area contributed by atoms with E-state index in [1.807, 2.05) is 0 Å². The average Bonchev–Trinajstić information content (AvgIpc) is 2.55. The van der Waals surface area contributed by atoms with Gasteiger partial charge in [-0.2, -0.15) is 0 Å². The summed E-state index contributed by atoms with van der Waals surface area (Å²) in [6.45, 7) is 14.4. The highest BCUT2D eigenvalue weighted by Crippen LogP contribution is 2.26. The minimum atomic E-state index is 0.438. The van der Waals surface area contributed by atoms with E-state index in [0.717, 1.165) is 12.6 Å². The van der Waals surface area contributed by atoms with Gasteiger partial charge in [0.2, 0.25) is 0 Å². The molecule has 18 heavy (non-hydrogen) atoms. The summed E-state index contributed by atoms with van der Waals surface area (Å²) in [6.07, 6.45) is 8.15. The smallest absolute Gasteiger partial charge is 0.00671 e. The molecule has 1 rings (SSSR count). The molecule has 0 aliphatic carbocycles. The fourth-order valence-corrected chi connectivity index (χ4v) is 2.92. The Hall–Kier alpha value is -0.0800. The maximum Gasteiger partial charge on any atom is 0.00671 e. The molecule has 2 heteroatoms. The standard InChI is InChI=1S/C16H34N2/c1-5-11-17-13-16(4,6-2)14-18-12-9-7-8-10-15(18)3/h15,17H,5-14H2,1-4H3. The molecule has 1 aliphatic rings. The molecule has 0 aromatic rings. The zero-order valence-corrected chi connectivity index (χ0v) is 13.1. The minimum absolute atomic E-state index is 0.438. The van der Waals surface area contributed by atoms with Crippen molar-refractivity contribution in [1.29, 1.82) is 0 Å². The van der Waals surface area contributed by atoms with Crippen molar-refractivity contribution >= 4 is 0 Å². The van der Waals surface area contributed by atoms with Crippen molar-refractivity contribution in [2.75, 3.05) is 26.2 Å². The Morgan fingerprint density at radius 2 is 2.00 bits per heavy atom. The van der Waals surface area contributed by atoms with E-state index in [1.54, 1.807) is 0 Å². The predicted molar refractivity (Wildman–Crippen MR) is 81.1 cm³/mol. The molecule has 2 unspecified atom stereocenters. The second-order valence-electron chi connectivity index (χ2n) is 6.51. The van der Waals surface area contributed by atoms with E-state index < -0.39 is 0 Å². The summed E-state index contributed by atoms with van der Waals surface area (Å²) in [6, 6.07) is 0.782. The first kappa shape index (κ1) is 16.0. The van der Waals surface area contributed by atoms with Crippen molar-refractivity contribution < 1.29 is 0 Å². The quantitative estimate of drug-likeness (QED) is 0.697. The molecule has 0 aromatic carbocycles. The molecule has 0 radical (unpaired) electrons. The lowest BCUT2D eigenvalue weighted by molar-refractivity contribution is 0.122. The Balaban J connectivity index is 2.48. The van der Waals surface area contributed by atoms with Crippen molar-refractivity contribution in [2.45, 2.75) is 72.3 Å². The van der Waals surface area contributed by atoms with Crippen LogP contribution in [0.1, 0.15) is 66.2 Å². The van der Waals surface area contributed by atoms with Gasteiger partial charge in [0.1, 0.15) is 0 Å². The highest BCUT2D eigenvalue weighted by Gasteiger charge is 2.27. The fourth-order valence-electron chi connectivity index (χ4n) is 2.92. The molecule has 1 heterocycles. The molecule has 1 N–H and O–H groups in total. The second kappa shape index (κ2) is 8.16. The Bertz CT molecular complexity index is 217. The van der Waals surface area contributed by atoms with Gasteiger partial charge in [-0.05, 0) is 51.1 Å². The van der Waals surface area contributed by atoms with Crippen LogP contribution < -0.4 is 5.32 Å². The van der Waals surface area contributed by atoms with Gasteiger partial charge in [-0.1, -0.05) is 33.6 Å². The van der Waals surface area contributed by atoms with E-state index >= 15 is 0 Å². The lowest BCUT2D eigenvalue weighted by Crippen LogP contribution is -2.45. The maximum absolute atomic E-state index is 3.62. The molecule has 0 aromatic heterocycles. The largest absolute Gasteiger partial charge is 0.316 e. The minimum Gasteiger partial charge on any atom is -0.316 e. The number of nitrogens with one attached hydrogen (secondary N) is 1. The normalized spacial score (nSPS) is 25.7. The summed E-state index contributed by atoms with van der Waals surface area (Å²) in [4.78, 5) is 2.74. The van der Waals surface area contributed by atoms with Crippen LogP contribution in [0.25, 0.3) is 0 Å². The van der Waals surface area contributed by atoms with Gasteiger partial charge >= 0.3 is 0 Å². The van der Waals surface area contributed by atoms with Gasteiger partial charge in [-0.15, -0.1) is 0 Å². The first-order chi connectivity index (χ1) is 8.61. The third-order valence-corrected chi connectivity index (χ3v) is 4.61. The fraction of sp³-hybridized carbons (Fsp3) is 1.00. The lowest BCUT2D eigenvalue weighted by atomic mass is 9.86. The molecular weight excluding hydrogens is 220 g/mol. The third kappa shape index (κ3) is 5.27. The van der Waals surface area contributed by atoms with Crippen LogP contribution in [0.4, 0.5) is 0 Å². The molecule has 0 spiro atoms. The summed E-state index contributed by atoms with van der Waals surface area (Å²) in [5, 5.41) is 3.62. The van der Waals surface area contributed by atoms with E-state index in [4.69, 9.17) is 0 Å². The monoisotopic (exact) mass is 254 g/mol. The van der Waals surface area contributed by atoms with E-state index in [2.05, 4.69) is 37.9 Å². The molecule has 1 aliphatic heterocycles. The van der Waals surface area contributed by atoms with Gasteiger partial charge < -0.3 is 10.2 Å². The molecule has 0 saturated carbocycles. The van der Waals surface area contributed by atoms with Gasteiger partial charge in [-0.25, -0.2) is 0 Å². The van der Waals surface area contributed by atoms with Gasteiger partial charge in [0.25, 0.3) is 0 Å². The van der Waals surface area contributed by atoms with Crippen LogP contribution in [0.15, 0.2) is 0 Å². The van der Waals surface area contributed by atoms with Gasteiger partial charge in [0, 0.05) is 19.1 Å². The summed E-state index contributed by atoms with van der Waals surface area (Å²) in [5.74, 6) is 0. The lowest BCUT2D eigenvalue weighted by Gasteiger charge is -2.37. The first-order valence-electron chi connectivity index (χ1n) is 8.06. The van der Waals surface area contributed by atoms with Crippen molar-refractivity contribution in [3.05, 3.63) is 0 Å². The molecule has 1 fully saturated rings. The highest BCUT2D eigenvalue weighted by molar-refractivity contribution is 4.83. The van der Waals surface area contributed by atoms with Gasteiger partial charge in [-0.3, -0.25) is 0 Å². The average molecular weight is 254 g/mol. The molecule has 2 atom stereocenters. The van der Waals surface area contributed by atoms with E-state index in [-0.39, 0.29) is 0 Å². The van der Waals surface area contributed by atoms with Crippen LogP contribution >= 0.6 is 0 Å². The third-order valence-electron chi connectivity index (χ3n) is 4.61. The Kier molecular flexibility index (Phi) is 7.25. The van der Waals surface area contributed by atoms with E-state index in [9.17, 15) is 0 Å². The Morgan fingerprint density at radius 3 is 2.67 bits per heavy atom. The summed E-state index contributed by atoms with van der Waals surface area (Å²) < 4.78 is 0.